The van der Waals surface area contributed by atoms with Gasteiger partial charge in [0.2, 0.25) is 0 Å². The molecule has 0 aliphatic carbocycles. The van der Waals surface area contributed by atoms with Crippen molar-refractivity contribution in [3.63, 3.8) is 0 Å². The fraction of sp³-hybridized carbons (Fsp3) is 0.923. The van der Waals surface area contributed by atoms with Crippen LogP contribution >= 0.6 is 0 Å². The monoisotopic (exact) mass is 241 g/mol. The standard InChI is InChI=1S/C13H23NO3/c1-13(2,3)17-12(16)14-10-4-5-11(14)7-9(6-10)8-15/h9-11,15H,4-8H2,1-3H3/t9-,10-,11+. The average Bonchev–Trinajstić information content (AvgIpc) is 2.47. The van der Waals surface area contributed by atoms with E-state index >= 15 is 0 Å². The summed E-state index contributed by atoms with van der Waals surface area (Å²) in [6, 6.07) is 0.557. The smallest absolute Gasteiger partial charge is 0.410 e. The number of hydrogen-bond acceptors (Lipinski definition) is 3. The minimum Gasteiger partial charge on any atom is -0.444 e. The second kappa shape index (κ2) is 4.48. The van der Waals surface area contributed by atoms with Crippen molar-refractivity contribution in [3.05, 3.63) is 0 Å². The molecule has 3 atom stereocenters. The van der Waals surface area contributed by atoms with E-state index in [-0.39, 0.29) is 24.8 Å². The van der Waals surface area contributed by atoms with E-state index < -0.39 is 5.60 Å². The first kappa shape index (κ1) is 12.7. The number of nitrogens with zero attached hydrogens (tertiary/aromatic N) is 1. The van der Waals surface area contributed by atoms with Gasteiger partial charge in [0.15, 0.2) is 0 Å². The molecule has 0 aromatic heterocycles. The normalized spacial score (nSPS) is 32.7. The van der Waals surface area contributed by atoms with E-state index in [1.165, 1.54) is 0 Å². The van der Waals surface area contributed by atoms with Crippen molar-refractivity contribution in [1.82, 2.24) is 4.90 Å². The maximum atomic E-state index is 12.1. The Morgan fingerprint density at radius 1 is 1.29 bits per heavy atom. The van der Waals surface area contributed by atoms with Crippen LogP contribution in [0.25, 0.3) is 0 Å². The van der Waals surface area contributed by atoms with E-state index in [4.69, 9.17) is 4.74 Å². The second-order valence-corrected chi connectivity index (χ2v) is 6.29. The molecule has 0 spiro atoms. The highest BCUT2D eigenvalue weighted by molar-refractivity contribution is 5.69. The summed E-state index contributed by atoms with van der Waals surface area (Å²) in [5.41, 5.74) is -0.426. The zero-order chi connectivity index (χ0) is 12.6. The highest BCUT2D eigenvalue weighted by atomic mass is 16.6. The number of aliphatic hydroxyl groups excluding tert-OH is 1. The molecule has 0 unspecified atom stereocenters. The van der Waals surface area contributed by atoms with Gasteiger partial charge in [-0.15, -0.1) is 0 Å². The highest BCUT2D eigenvalue weighted by Gasteiger charge is 2.44. The molecular formula is C13H23NO3. The largest absolute Gasteiger partial charge is 0.444 e. The maximum absolute atomic E-state index is 12.1. The van der Waals surface area contributed by atoms with Crippen LogP contribution in [0.1, 0.15) is 46.5 Å². The molecule has 98 valence electrons. The molecule has 0 radical (unpaired) electrons. The Labute approximate surface area is 103 Å². The number of rotatable bonds is 1. The van der Waals surface area contributed by atoms with Crippen molar-refractivity contribution in [2.24, 2.45) is 5.92 Å². The van der Waals surface area contributed by atoms with Crippen molar-refractivity contribution < 1.29 is 14.6 Å². The summed E-state index contributed by atoms with van der Waals surface area (Å²) in [4.78, 5) is 14.0. The minimum absolute atomic E-state index is 0.179. The Hall–Kier alpha value is -0.770. The predicted octanol–water partition coefficient (Wildman–Crippen LogP) is 2.16. The topological polar surface area (TPSA) is 49.8 Å². The Morgan fingerprint density at radius 3 is 2.24 bits per heavy atom. The van der Waals surface area contributed by atoms with E-state index in [1.54, 1.807) is 0 Å². The maximum Gasteiger partial charge on any atom is 0.410 e. The third kappa shape index (κ3) is 2.73. The van der Waals surface area contributed by atoms with Crippen LogP contribution < -0.4 is 0 Å². The van der Waals surface area contributed by atoms with Gasteiger partial charge < -0.3 is 14.7 Å². The van der Waals surface area contributed by atoms with Crippen LogP contribution in [0, 0.1) is 5.92 Å². The van der Waals surface area contributed by atoms with Crippen LogP contribution in [-0.4, -0.2) is 40.4 Å². The molecule has 1 amide bonds. The first-order chi connectivity index (χ1) is 7.90. The van der Waals surface area contributed by atoms with Gasteiger partial charge in [0.05, 0.1) is 0 Å². The van der Waals surface area contributed by atoms with Crippen LogP contribution in [-0.2, 0) is 4.74 Å². The molecule has 4 heteroatoms. The summed E-state index contributed by atoms with van der Waals surface area (Å²) in [6.45, 7) is 5.93. The second-order valence-electron chi connectivity index (χ2n) is 6.29. The van der Waals surface area contributed by atoms with Gasteiger partial charge in [0, 0.05) is 18.7 Å². The minimum atomic E-state index is -0.426. The summed E-state index contributed by atoms with van der Waals surface area (Å²) in [5, 5.41) is 9.23. The quantitative estimate of drug-likeness (QED) is 0.765. The van der Waals surface area contributed by atoms with Crippen molar-refractivity contribution >= 4 is 6.09 Å². The number of aliphatic hydroxyl groups is 1. The molecule has 17 heavy (non-hydrogen) atoms. The van der Waals surface area contributed by atoms with E-state index in [0.717, 1.165) is 25.7 Å². The molecule has 0 aromatic rings. The van der Waals surface area contributed by atoms with Gasteiger partial charge in [-0.1, -0.05) is 0 Å². The summed E-state index contributed by atoms with van der Waals surface area (Å²) in [5.74, 6) is 0.367. The van der Waals surface area contributed by atoms with Gasteiger partial charge in [-0.2, -0.15) is 0 Å². The van der Waals surface area contributed by atoms with Crippen molar-refractivity contribution in [2.45, 2.75) is 64.1 Å². The lowest BCUT2D eigenvalue weighted by Crippen LogP contribution is -2.48. The first-order valence-electron chi connectivity index (χ1n) is 6.53. The predicted molar refractivity (Wildman–Crippen MR) is 64.7 cm³/mol. The van der Waals surface area contributed by atoms with Crippen LogP contribution in [0.4, 0.5) is 4.79 Å². The lowest BCUT2D eigenvalue weighted by molar-refractivity contribution is -0.00190. The summed E-state index contributed by atoms with van der Waals surface area (Å²) >= 11 is 0. The molecule has 4 nitrogen and oxygen atoms in total. The van der Waals surface area contributed by atoms with Crippen LogP contribution in [0.3, 0.4) is 0 Å². The Morgan fingerprint density at radius 2 is 1.82 bits per heavy atom. The lowest BCUT2D eigenvalue weighted by Gasteiger charge is -2.39. The number of piperidine rings is 1. The molecule has 0 saturated carbocycles. The molecule has 2 saturated heterocycles. The summed E-state index contributed by atoms with van der Waals surface area (Å²) in [7, 11) is 0. The van der Waals surface area contributed by atoms with Gasteiger partial charge in [0.25, 0.3) is 0 Å². The lowest BCUT2D eigenvalue weighted by atomic mass is 9.92. The molecule has 2 rings (SSSR count). The molecular weight excluding hydrogens is 218 g/mol. The molecule has 2 fully saturated rings. The van der Waals surface area contributed by atoms with Gasteiger partial charge in [-0.3, -0.25) is 0 Å². The molecule has 2 aliphatic heterocycles. The van der Waals surface area contributed by atoms with E-state index in [1.807, 2.05) is 25.7 Å². The highest BCUT2D eigenvalue weighted by Crippen LogP contribution is 2.39. The molecule has 2 bridgehead atoms. The summed E-state index contributed by atoms with van der Waals surface area (Å²) < 4.78 is 5.45. The Balaban J connectivity index is 2.01. The summed E-state index contributed by atoms with van der Waals surface area (Å²) in [6.07, 6.45) is 3.78. The Bertz CT molecular complexity index is 284. The van der Waals surface area contributed by atoms with Gasteiger partial charge >= 0.3 is 6.09 Å². The number of amides is 1. The van der Waals surface area contributed by atoms with Crippen LogP contribution in [0.15, 0.2) is 0 Å². The number of carbonyl (C=O) groups is 1. The fourth-order valence-electron chi connectivity index (χ4n) is 3.05. The number of ether oxygens (including phenoxy) is 1. The van der Waals surface area contributed by atoms with E-state index in [0.29, 0.717) is 5.92 Å². The Kier molecular flexibility index (Phi) is 3.34. The van der Waals surface area contributed by atoms with E-state index in [9.17, 15) is 9.90 Å². The van der Waals surface area contributed by atoms with Crippen molar-refractivity contribution in [3.8, 4) is 0 Å². The third-order valence-corrected chi connectivity index (χ3v) is 3.69. The number of carbonyl (C=O) groups excluding carboxylic acids is 1. The van der Waals surface area contributed by atoms with Gasteiger partial charge in [-0.25, -0.2) is 4.79 Å². The van der Waals surface area contributed by atoms with Crippen molar-refractivity contribution in [2.75, 3.05) is 6.61 Å². The van der Waals surface area contributed by atoms with E-state index in [2.05, 4.69) is 0 Å². The number of fused-ring (bicyclic) bond motifs is 2. The van der Waals surface area contributed by atoms with Crippen molar-refractivity contribution in [1.29, 1.82) is 0 Å². The molecule has 2 aliphatic rings. The zero-order valence-corrected chi connectivity index (χ0v) is 11.0. The van der Waals surface area contributed by atoms with Crippen LogP contribution in [0.2, 0.25) is 0 Å². The fourth-order valence-corrected chi connectivity index (χ4v) is 3.05. The molecule has 0 aromatic carbocycles. The third-order valence-electron chi connectivity index (χ3n) is 3.69. The van der Waals surface area contributed by atoms with Gasteiger partial charge in [-0.05, 0) is 52.4 Å². The average molecular weight is 241 g/mol. The molecule has 2 heterocycles. The zero-order valence-electron chi connectivity index (χ0n) is 11.0. The van der Waals surface area contributed by atoms with Crippen LogP contribution in [0.5, 0.6) is 0 Å². The first-order valence-corrected chi connectivity index (χ1v) is 6.53. The number of hydrogen-bond donors (Lipinski definition) is 1. The molecule has 1 N–H and O–H groups in total. The van der Waals surface area contributed by atoms with Gasteiger partial charge in [0.1, 0.15) is 5.60 Å². The SMILES string of the molecule is CC(C)(C)OC(=O)N1[C@@H]2CC[C@H]1C[C@H](CO)C2.